The zero-order valence-electron chi connectivity index (χ0n) is 35.8. The number of ether oxygens (including phenoxy) is 3. The van der Waals surface area contributed by atoms with Crippen molar-refractivity contribution in [3.05, 3.63) is 101 Å². The number of alkyl carbamates (subject to hydrolysis) is 1. The molecule has 13 nitrogen and oxygen atoms in total. The summed E-state index contributed by atoms with van der Waals surface area (Å²) in [6, 6.07) is 19.0. The fourth-order valence-electron chi connectivity index (χ4n) is 9.79. The lowest BCUT2D eigenvalue weighted by atomic mass is 9.86. The van der Waals surface area contributed by atoms with E-state index in [9.17, 15) is 14.4 Å². The van der Waals surface area contributed by atoms with Crippen LogP contribution in [0.15, 0.2) is 66.9 Å². The molecule has 5 heterocycles. The molecule has 9 rings (SSSR count). The van der Waals surface area contributed by atoms with Gasteiger partial charge in [0.15, 0.2) is 0 Å². The van der Waals surface area contributed by atoms with Gasteiger partial charge in [-0.2, -0.15) is 0 Å². The smallest absolute Gasteiger partial charge is 0.407 e. The zero-order chi connectivity index (χ0) is 42.5. The van der Waals surface area contributed by atoms with Gasteiger partial charge < -0.3 is 39.3 Å². The van der Waals surface area contributed by atoms with Gasteiger partial charge in [0, 0.05) is 42.7 Å². The van der Waals surface area contributed by atoms with Crippen molar-refractivity contribution in [3.8, 4) is 39.4 Å². The number of aryl methyl sites for hydroxylation is 2. The monoisotopic (exact) mass is 825 g/mol. The number of aromatic nitrogens is 4. The Kier molecular flexibility index (Phi) is 10.9. The van der Waals surface area contributed by atoms with Crippen LogP contribution in [0.25, 0.3) is 33.6 Å². The number of aromatic amines is 2. The summed E-state index contributed by atoms with van der Waals surface area (Å²) in [4.78, 5) is 61.5. The summed E-state index contributed by atoms with van der Waals surface area (Å²) in [5.74, 6) is 2.67. The quantitative estimate of drug-likeness (QED) is 0.128. The van der Waals surface area contributed by atoms with E-state index in [-0.39, 0.29) is 47.7 Å². The van der Waals surface area contributed by atoms with E-state index in [0.29, 0.717) is 31.7 Å². The van der Waals surface area contributed by atoms with Crippen LogP contribution in [0.1, 0.15) is 99.1 Å². The third-order valence-corrected chi connectivity index (χ3v) is 13.4. The number of amides is 3. The minimum Gasteiger partial charge on any atom is -0.488 e. The van der Waals surface area contributed by atoms with Crippen LogP contribution in [0.4, 0.5) is 4.79 Å². The molecule has 2 aromatic heterocycles. The molecule has 0 radical (unpaired) electrons. The molecule has 3 N–H and O–H groups in total. The van der Waals surface area contributed by atoms with Crippen molar-refractivity contribution < 1.29 is 28.6 Å². The molecule has 2 fully saturated rings. The molecule has 3 aliphatic heterocycles. The summed E-state index contributed by atoms with van der Waals surface area (Å²) in [5.41, 5.74) is 10.1. The van der Waals surface area contributed by atoms with Crippen LogP contribution < -0.4 is 10.1 Å². The summed E-state index contributed by atoms with van der Waals surface area (Å²) in [7, 11) is 2.96. The van der Waals surface area contributed by atoms with Crippen LogP contribution in [-0.4, -0.2) is 81.1 Å². The number of hydrogen-bond donors (Lipinski definition) is 3. The summed E-state index contributed by atoms with van der Waals surface area (Å²) in [6.07, 6.45) is 5.30. The highest BCUT2D eigenvalue weighted by Crippen LogP contribution is 2.46. The lowest BCUT2D eigenvalue weighted by Crippen LogP contribution is -2.43. The average Bonchev–Trinajstić information content (AvgIpc) is 4.10. The normalized spacial score (nSPS) is 21.2. The van der Waals surface area contributed by atoms with E-state index in [2.05, 4.69) is 71.3 Å². The Morgan fingerprint density at radius 3 is 2.49 bits per heavy atom. The second kappa shape index (κ2) is 16.5. The van der Waals surface area contributed by atoms with Gasteiger partial charge in [-0.15, -0.1) is 0 Å². The molecule has 6 atom stereocenters. The topological polar surface area (TPSA) is 155 Å². The first-order chi connectivity index (χ1) is 29.5. The Labute approximate surface area is 356 Å². The fourth-order valence-corrected chi connectivity index (χ4v) is 9.79. The number of nitrogens with zero attached hydrogens (tertiary/aromatic N) is 4. The Morgan fingerprint density at radius 1 is 0.902 bits per heavy atom. The summed E-state index contributed by atoms with van der Waals surface area (Å²) in [5, 5.41) is 2.77. The fraction of sp³-hybridized carbons (Fsp3) is 0.438. The van der Waals surface area contributed by atoms with Gasteiger partial charge in [-0.05, 0) is 91.0 Å². The Bertz CT molecular complexity index is 2460. The third kappa shape index (κ3) is 7.47. The summed E-state index contributed by atoms with van der Waals surface area (Å²) in [6.45, 7) is 9.77. The Hall–Kier alpha value is -5.95. The van der Waals surface area contributed by atoms with Crippen LogP contribution >= 0.6 is 0 Å². The molecule has 0 saturated carbocycles. The number of carbonyl (C=O) groups is 3. The number of likely N-dealkylation sites (tertiary alicyclic amines) is 2. The van der Waals surface area contributed by atoms with Crippen molar-refractivity contribution in [2.75, 3.05) is 27.4 Å². The van der Waals surface area contributed by atoms with Gasteiger partial charge in [-0.1, -0.05) is 63.2 Å². The molecule has 5 aromatic rings. The highest BCUT2D eigenvalue weighted by atomic mass is 16.5. The number of methoxy groups -OCH3 is 2. The highest BCUT2D eigenvalue weighted by Gasteiger charge is 2.43. The van der Waals surface area contributed by atoms with E-state index >= 15 is 0 Å². The standard InChI is InChI=1S/C48H55N7O6/c1-26(2)28(4)46(56)55-27(3)12-17-39(55)44-49-22-38(51-44)32-13-15-34-33(19-32)25-61-41-21-35-31(20-36(34)41)14-16-37-43(35)52-45(50-37)40-18-29(24-59-5)23-54(40)47(57)42(53-48(58)60-6)30-10-8-7-9-11-30/h7-11,13,15,19-22,26-29,39-40,42H,12,14,16-18,23-25H2,1-6H3,(H,49,51)(H,50,52)(H,53,58)/t27-,28-,29-,39-,40-,42+/m0/s1. The molecule has 0 unspecified atom stereocenters. The minimum atomic E-state index is -0.926. The maximum absolute atomic E-state index is 14.4. The number of rotatable bonds is 10. The number of H-pyrrole nitrogens is 2. The van der Waals surface area contributed by atoms with Crippen LogP contribution in [0.5, 0.6) is 5.75 Å². The van der Waals surface area contributed by atoms with Gasteiger partial charge in [0.25, 0.3) is 5.91 Å². The Morgan fingerprint density at radius 2 is 1.72 bits per heavy atom. The van der Waals surface area contributed by atoms with Gasteiger partial charge in [-0.25, -0.2) is 14.8 Å². The predicted molar refractivity (Wildman–Crippen MR) is 230 cm³/mol. The molecule has 0 bridgehead atoms. The highest BCUT2D eigenvalue weighted by molar-refractivity contribution is 5.88. The molecule has 4 aliphatic rings. The molecular weight excluding hydrogens is 771 g/mol. The molecule has 318 valence electrons. The first-order valence-corrected chi connectivity index (χ1v) is 21.6. The minimum absolute atomic E-state index is 0.0436. The maximum Gasteiger partial charge on any atom is 0.407 e. The number of imidazole rings is 2. The maximum atomic E-state index is 14.4. The molecular formula is C48H55N7O6. The number of nitrogens with one attached hydrogen (secondary N) is 3. The summed E-state index contributed by atoms with van der Waals surface area (Å²) >= 11 is 0. The Balaban J connectivity index is 0.973. The third-order valence-electron chi connectivity index (χ3n) is 13.4. The SMILES string of the molecule is COC[C@H]1C[C@@H](c2nc3c([nH]2)-c2cc4c(cc2CC3)-c2ccc(-c3cnc([C@@H]5CC[C@H](C)N5C(=O)[C@@H](C)C(C)C)[nH]3)cc2CO4)N(C(=O)[C@H](NC(=O)OC)c2ccccc2)C1. The van der Waals surface area contributed by atoms with E-state index < -0.39 is 12.1 Å². The van der Waals surface area contributed by atoms with Crippen LogP contribution in [-0.2, 0) is 38.5 Å². The van der Waals surface area contributed by atoms with Crippen LogP contribution in [0, 0.1) is 17.8 Å². The second-order valence-corrected chi connectivity index (χ2v) is 17.6. The van der Waals surface area contributed by atoms with Gasteiger partial charge in [0.05, 0.1) is 49.1 Å². The van der Waals surface area contributed by atoms with E-state index in [1.165, 1.54) is 12.7 Å². The molecule has 1 aliphatic carbocycles. The van der Waals surface area contributed by atoms with E-state index in [1.54, 1.807) is 7.11 Å². The number of benzene rings is 3. The predicted octanol–water partition coefficient (Wildman–Crippen LogP) is 8.10. The number of fused-ring (bicyclic) bond motifs is 6. The number of hydrogen-bond acceptors (Lipinski definition) is 8. The van der Waals surface area contributed by atoms with E-state index in [4.69, 9.17) is 24.2 Å². The lowest BCUT2D eigenvalue weighted by molar-refractivity contribution is -0.139. The van der Waals surface area contributed by atoms with Crippen LogP contribution in [0.3, 0.4) is 0 Å². The van der Waals surface area contributed by atoms with Crippen molar-refractivity contribution in [1.82, 2.24) is 35.1 Å². The van der Waals surface area contributed by atoms with Gasteiger partial charge in [0.1, 0.15) is 30.0 Å². The first kappa shape index (κ1) is 40.5. The molecule has 3 aromatic carbocycles. The molecule has 13 heteroatoms. The summed E-state index contributed by atoms with van der Waals surface area (Å²) < 4.78 is 17.0. The first-order valence-electron chi connectivity index (χ1n) is 21.6. The molecule has 61 heavy (non-hydrogen) atoms. The second-order valence-electron chi connectivity index (χ2n) is 17.6. The molecule has 3 amide bonds. The molecule has 2 saturated heterocycles. The molecule has 0 spiro atoms. The van der Waals surface area contributed by atoms with Gasteiger partial charge in [0.2, 0.25) is 5.91 Å². The van der Waals surface area contributed by atoms with Crippen molar-refractivity contribution in [2.45, 2.75) is 90.6 Å². The van der Waals surface area contributed by atoms with E-state index in [1.807, 2.05) is 48.4 Å². The van der Waals surface area contributed by atoms with Gasteiger partial charge >= 0.3 is 6.09 Å². The van der Waals surface area contributed by atoms with Crippen molar-refractivity contribution >= 4 is 17.9 Å². The average molecular weight is 826 g/mol. The van der Waals surface area contributed by atoms with Gasteiger partial charge in [-0.3, -0.25) is 9.59 Å². The zero-order valence-corrected chi connectivity index (χ0v) is 35.8. The number of carbonyl (C=O) groups excluding carboxylic acids is 3. The van der Waals surface area contributed by atoms with Crippen molar-refractivity contribution in [3.63, 3.8) is 0 Å². The van der Waals surface area contributed by atoms with Crippen molar-refractivity contribution in [2.24, 2.45) is 17.8 Å². The van der Waals surface area contributed by atoms with Crippen molar-refractivity contribution in [1.29, 1.82) is 0 Å². The van der Waals surface area contributed by atoms with Crippen LogP contribution in [0.2, 0.25) is 0 Å². The van der Waals surface area contributed by atoms with E-state index in [0.717, 1.165) is 88.0 Å². The largest absolute Gasteiger partial charge is 0.488 e. The lowest BCUT2D eigenvalue weighted by Gasteiger charge is -2.31.